The van der Waals surface area contributed by atoms with Crippen molar-refractivity contribution in [2.24, 2.45) is 5.73 Å². The molecule has 0 unspecified atom stereocenters. The Hall–Kier alpha value is -3.74. The first-order valence-corrected chi connectivity index (χ1v) is 9.79. The summed E-state index contributed by atoms with van der Waals surface area (Å²) in [4.78, 5) is 28.6. The molecule has 2 heterocycles. The zero-order valence-electron chi connectivity index (χ0n) is 17.2. The predicted octanol–water partition coefficient (Wildman–Crippen LogP) is 3.48. The van der Waals surface area contributed by atoms with Gasteiger partial charge in [-0.05, 0) is 68.7 Å². The Kier molecular flexibility index (Phi) is 4.95. The molecule has 2 aromatic heterocycles. The molecular formula is C23H23N5O2. The summed E-state index contributed by atoms with van der Waals surface area (Å²) in [5.74, 6) is -0.587. The van der Waals surface area contributed by atoms with Crippen molar-refractivity contribution in [3.63, 3.8) is 0 Å². The van der Waals surface area contributed by atoms with Crippen molar-refractivity contribution in [1.29, 1.82) is 0 Å². The summed E-state index contributed by atoms with van der Waals surface area (Å²) in [6.45, 7) is 5.76. The second kappa shape index (κ2) is 7.59. The van der Waals surface area contributed by atoms with Gasteiger partial charge in [0.2, 0.25) is 11.8 Å². The van der Waals surface area contributed by atoms with E-state index in [9.17, 15) is 9.59 Å². The second-order valence-corrected chi connectivity index (χ2v) is 7.46. The molecular weight excluding hydrogens is 378 g/mol. The lowest BCUT2D eigenvalue weighted by molar-refractivity contribution is -0.116. The fourth-order valence-corrected chi connectivity index (χ4v) is 3.82. The lowest BCUT2D eigenvalue weighted by atomic mass is 10.1. The molecule has 0 spiro atoms. The van der Waals surface area contributed by atoms with Crippen LogP contribution in [0, 0.1) is 20.8 Å². The zero-order chi connectivity index (χ0) is 21.4. The molecule has 2 amide bonds. The van der Waals surface area contributed by atoms with E-state index >= 15 is 0 Å². The van der Waals surface area contributed by atoms with E-state index in [0.717, 1.165) is 39.1 Å². The predicted molar refractivity (Wildman–Crippen MR) is 117 cm³/mol. The van der Waals surface area contributed by atoms with Crippen LogP contribution in [0.5, 0.6) is 0 Å². The molecule has 2 aromatic carbocycles. The Morgan fingerprint density at radius 1 is 1.10 bits per heavy atom. The number of nitrogens with zero attached hydrogens (tertiary/aromatic N) is 3. The summed E-state index contributed by atoms with van der Waals surface area (Å²) in [5, 5.41) is 8.56. The number of hydrogen-bond donors (Lipinski definition) is 2. The van der Waals surface area contributed by atoms with Gasteiger partial charge < -0.3 is 11.1 Å². The van der Waals surface area contributed by atoms with E-state index in [1.54, 1.807) is 25.1 Å². The molecule has 30 heavy (non-hydrogen) atoms. The summed E-state index contributed by atoms with van der Waals surface area (Å²) in [6, 6.07) is 13.0. The van der Waals surface area contributed by atoms with Gasteiger partial charge in [-0.15, -0.1) is 0 Å². The number of carbonyl (C=O) groups is 2. The minimum absolute atomic E-state index is 0.106. The quantitative estimate of drug-likeness (QED) is 0.534. The number of fused-ring (bicyclic) bond motifs is 3. The number of aromatic nitrogens is 3. The van der Waals surface area contributed by atoms with Gasteiger partial charge in [0.15, 0.2) is 5.65 Å². The molecule has 0 fully saturated rings. The van der Waals surface area contributed by atoms with Crippen molar-refractivity contribution in [2.75, 3.05) is 5.32 Å². The normalized spacial score (nSPS) is 11.2. The van der Waals surface area contributed by atoms with E-state index < -0.39 is 5.91 Å². The molecule has 0 atom stereocenters. The first kappa shape index (κ1) is 19.6. The average Bonchev–Trinajstić information content (AvgIpc) is 3.06. The lowest BCUT2D eigenvalue weighted by Gasteiger charge is -2.12. The molecule has 0 aliphatic rings. The molecule has 7 nitrogen and oxygen atoms in total. The van der Waals surface area contributed by atoms with E-state index in [1.807, 2.05) is 42.6 Å². The van der Waals surface area contributed by atoms with Gasteiger partial charge in [-0.3, -0.25) is 9.59 Å². The number of primary amides is 1. The van der Waals surface area contributed by atoms with Crippen LogP contribution in [0.2, 0.25) is 0 Å². The van der Waals surface area contributed by atoms with Gasteiger partial charge in [-0.2, -0.15) is 5.10 Å². The number of amides is 2. The maximum Gasteiger partial charge on any atom is 0.248 e. The number of nitrogens with two attached hydrogens (primary N) is 1. The number of carbonyl (C=O) groups excluding carboxylic acids is 2. The van der Waals surface area contributed by atoms with E-state index in [4.69, 9.17) is 10.7 Å². The Morgan fingerprint density at radius 2 is 1.87 bits per heavy atom. The van der Waals surface area contributed by atoms with E-state index in [2.05, 4.69) is 10.4 Å². The highest BCUT2D eigenvalue weighted by Gasteiger charge is 2.15. The van der Waals surface area contributed by atoms with Crippen LogP contribution in [0.3, 0.4) is 0 Å². The van der Waals surface area contributed by atoms with Crippen molar-refractivity contribution >= 4 is 34.1 Å². The molecule has 4 rings (SSSR count). The van der Waals surface area contributed by atoms with E-state index in [0.29, 0.717) is 24.1 Å². The molecule has 4 aromatic rings. The number of anilines is 1. The Morgan fingerprint density at radius 3 is 2.60 bits per heavy atom. The summed E-state index contributed by atoms with van der Waals surface area (Å²) >= 11 is 0. The number of aryl methyl sites for hydroxylation is 3. The fraction of sp³-hybridized carbons (Fsp3) is 0.217. The van der Waals surface area contributed by atoms with Gasteiger partial charge in [-0.25, -0.2) is 9.50 Å². The Balaban J connectivity index is 1.53. The third kappa shape index (κ3) is 3.50. The summed E-state index contributed by atoms with van der Waals surface area (Å²) in [6.07, 6.45) is 0.868. The monoisotopic (exact) mass is 401 g/mol. The standard InChI is InChI=1S/C23H23N5O2/c1-13-12-16(8-9-17(13)22(24)30)26-21(29)11-10-18-14(2)25-23-19-6-4-5-7-20(19)27-28(23)15(18)3/h4-9,12H,10-11H2,1-3H3,(H2,24,30)(H,26,29). The molecule has 0 saturated carbocycles. The maximum absolute atomic E-state index is 12.5. The van der Waals surface area contributed by atoms with Crippen LogP contribution in [0.15, 0.2) is 42.5 Å². The molecule has 0 saturated heterocycles. The largest absolute Gasteiger partial charge is 0.366 e. The van der Waals surface area contributed by atoms with Gasteiger partial charge in [-0.1, -0.05) is 12.1 Å². The smallest absolute Gasteiger partial charge is 0.248 e. The highest BCUT2D eigenvalue weighted by Crippen LogP contribution is 2.23. The summed E-state index contributed by atoms with van der Waals surface area (Å²) in [7, 11) is 0. The second-order valence-electron chi connectivity index (χ2n) is 7.46. The number of hydrogen-bond acceptors (Lipinski definition) is 4. The number of benzene rings is 2. The van der Waals surface area contributed by atoms with Crippen LogP contribution >= 0.6 is 0 Å². The van der Waals surface area contributed by atoms with Crippen LogP contribution in [-0.4, -0.2) is 26.4 Å². The van der Waals surface area contributed by atoms with Gasteiger partial charge >= 0.3 is 0 Å². The van der Waals surface area contributed by atoms with Crippen molar-refractivity contribution in [3.05, 3.63) is 70.5 Å². The zero-order valence-corrected chi connectivity index (χ0v) is 17.2. The molecule has 0 radical (unpaired) electrons. The van der Waals surface area contributed by atoms with Crippen molar-refractivity contribution in [2.45, 2.75) is 33.6 Å². The minimum atomic E-state index is -0.481. The molecule has 7 heteroatoms. The van der Waals surface area contributed by atoms with E-state index in [-0.39, 0.29) is 5.91 Å². The van der Waals surface area contributed by atoms with Crippen molar-refractivity contribution in [1.82, 2.24) is 14.6 Å². The first-order valence-electron chi connectivity index (χ1n) is 9.79. The highest BCUT2D eigenvalue weighted by molar-refractivity contribution is 5.96. The van der Waals surface area contributed by atoms with Crippen LogP contribution in [0.1, 0.15) is 39.3 Å². The van der Waals surface area contributed by atoms with Crippen molar-refractivity contribution < 1.29 is 9.59 Å². The van der Waals surface area contributed by atoms with Crippen LogP contribution < -0.4 is 11.1 Å². The van der Waals surface area contributed by atoms with Crippen LogP contribution in [0.25, 0.3) is 16.6 Å². The Labute approximate surface area is 173 Å². The van der Waals surface area contributed by atoms with Gasteiger partial charge in [0, 0.05) is 34.4 Å². The SMILES string of the molecule is Cc1cc(NC(=O)CCc2c(C)nc3c4ccccc4nn3c2C)ccc1C(N)=O. The lowest BCUT2D eigenvalue weighted by Crippen LogP contribution is -2.16. The average molecular weight is 401 g/mol. The van der Waals surface area contributed by atoms with Crippen molar-refractivity contribution in [3.8, 4) is 0 Å². The molecule has 0 bridgehead atoms. The molecule has 3 N–H and O–H groups in total. The molecule has 152 valence electrons. The molecule has 0 aliphatic heterocycles. The molecule has 0 aliphatic carbocycles. The summed E-state index contributed by atoms with van der Waals surface area (Å²) in [5.41, 5.74) is 11.8. The third-order valence-corrected chi connectivity index (χ3v) is 5.40. The first-order chi connectivity index (χ1) is 14.3. The fourth-order valence-electron chi connectivity index (χ4n) is 3.82. The van der Waals surface area contributed by atoms with Gasteiger partial charge in [0.05, 0.1) is 5.52 Å². The third-order valence-electron chi connectivity index (χ3n) is 5.40. The summed E-state index contributed by atoms with van der Waals surface area (Å²) < 4.78 is 1.86. The number of rotatable bonds is 5. The topological polar surface area (TPSA) is 102 Å². The maximum atomic E-state index is 12.5. The number of nitrogens with one attached hydrogen (secondary N) is 1. The van der Waals surface area contributed by atoms with E-state index in [1.165, 1.54) is 0 Å². The highest BCUT2D eigenvalue weighted by atomic mass is 16.2. The van der Waals surface area contributed by atoms with Gasteiger partial charge in [0.1, 0.15) is 0 Å². The minimum Gasteiger partial charge on any atom is -0.366 e. The van der Waals surface area contributed by atoms with Crippen LogP contribution in [0.4, 0.5) is 5.69 Å². The van der Waals surface area contributed by atoms with Gasteiger partial charge in [0.25, 0.3) is 0 Å². The Bertz CT molecular complexity index is 1310. The van der Waals surface area contributed by atoms with Crippen LogP contribution in [-0.2, 0) is 11.2 Å².